The Morgan fingerprint density at radius 3 is 2.56 bits per heavy atom. The summed E-state index contributed by atoms with van der Waals surface area (Å²) in [5, 5.41) is 3.62. The Balaban J connectivity index is 1.97. The molecule has 1 heterocycles. The molecule has 1 saturated heterocycles. The van der Waals surface area contributed by atoms with Crippen LogP contribution < -0.4 is 5.32 Å². The van der Waals surface area contributed by atoms with Gasteiger partial charge in [0.25, 0.3) is 0 Å². The van der Waals surface area contributed by atoms with Gasteiger partial charge in [-0.3, -0.25) is 0 Å². The van der Waals surface area contributed by atoms with Crippen molar-refractivity contribution >= 4 is 0 Å². The Labute approximate surface area is 56.8 Å². The third kappa shape index (κ3) is 0.787. The molecule has 0 aromatic heterocycles. The van der Waals surface area contributed by atoms with Gasteiger partial charge in [-0.2, -0.15) is 0 Å². The van der Waals surface area contributed by atoms with E-state index in [1.54, 1.807) is 0 Å². The molecule has 0 aromatic carbocycles. The predicted octanol–water partition coefficient (Wildman–Crippen LogP) is 1.54. The van der Waals surface area contributed by atoms with Crippen LogP contribution >= 0.6 is 0 Å². The Morgan fingerprint density at radius 1 is 1.44 bits per heavy atom. The average molecular weight is 125 g/mol. The van der Waals surface area contributed by atoms with Gasteiger partial charge in [-0.25, -0.2) is 0 Å². The highest BCUT2D eigenvalue weighted by molar-refractivity contribution is 5.09. The van der Waals surface area contributed by atoms with Gasteiger partial charge >= 0.3 is 0 Å². The van der Waals surface area contributed by atoms with Crippen LogP contribution in [0.3, 0.4) is 0 Å². The molecule has 0 aromatic rings. The molecule has 2 fully saturated rings. The second-order valence-corrected chi connectivity index (χ2v) is 3.65. The van der Waals surface area contributed by atoms with E-state index in [0.29, 0.717) is 5.54 Å². The van der Waals surface area contributed by atoms with Gasteiger partial charge in [-0.1, -0.05) is 13.3 Å². The van der Waals surface area contributed by atoms with Gasteiger partial charge in [-0.15, -0.1) is 0 Å². The Hall–Kier alpha value is -0.0400. The van der Waals surface area contributed by atoms with Crippen LogP contribution in [-0.2, 0) is 0 Å². The van der Waals surface area contributed by atoms with Crippen LogP contribution in [0.25, 0.3) is 0 Å². The van der Waals surface area contributed by atoms with Crippen LogP contribution in [0.15, 0.2) is 0 Å². The van der Waals surface area contributed by atoms with Crippen molar-refractivity contribution in [2.75, 3.05) is 6.54 Å². The van der Waals surface area contributed by atoms with Crippen molar-refractivity contribution in [3.05, 3.63) is 0 Å². The maximum Gasteiger partial charge on any atom is 0.0210 e. The van der Waals surface area contributed by atoms with Crippen LogP contribution in [-0.4, -0.2) is 12.1 Å². The zero-order valence-corrected chi connectivity index (χ0v) is 6.11. The standard InChI is InChI=1S/C8H15N/c1-7-6-8(7)4-2-3-5-9-8/h7,9H,2-6H2,1H3. The van der Waals surface area contributed by atoms with Crippen LogP contribution in [0.1, 0.15) is 32.6 Å². The number of rotatable bonds is 0. The van der Waals surface area contributed by atoms with Gasteiger partial charge in [0.1, 0.15) is 0 Å². The first kappa shape index (κ1) is 5.72. The van der Waals surface area contributed by atoms with Crippen molar-refractivity contribution in [1.29, 1.82) is 0 Å². The lowest BCUT2D eigenvalue weighted by atomic mass is 10.0. The second kappa shape index (κ2) is 1.72. The molecule has 1 aliphatic heterocycles. The van der Waals surface area contributed by atoms with Gasteiger partial charge in [0.05, 0.1) is 0 Å². The van der Waals surface area contributed by atoms with E-state index in [1.807, 2.05) is 0 Å². The molecule has 0 radical (unpaired) electrons. The quantitative estimate of drug-likeness (QED) is 0.518. The van der Waals surface area contributed by atoms with E-state index in [-0.39, 0.29) is 0 Å². The van der Waals surface area contributed by atoms with Gasteiger partial charge in [-0.05, 0) is 31.7 Å². The SMILES string of the molecule is CC1CC12CCCCN2. The molecule has 2 aliphatic rings. The topological polar surface area (TPSA) is 12.0 Å². The lowest BCUT2D eigenvalue weighted by Crippen LogP contribution is -2.37. The van der Waals surface area contributed by atoms with Gasteiger partial charge in [0.2, 0.25) is 0 Å². The molecule has 1 heteroatoms. The lowest BCUT2D eigenvalue weighted by Gasteiger charge is -2.23. The second-order valence-electron chi connectivity index (χ2n) is 3.65. The fourth-order valence-electron chi connectivity index (χ4n) is 2.07. The summed E-state index contributed by atoms with van der Waals surface area (Å²) in [7, 11) is 0. The first-order valence-electron chi connectivity index (χ1n) is 4.08. The molecule has 52 valence electrons. The predicted molar refractivity (Wildman–Crippen MR) is 38.4 cm³/mol. The van der Waals surface area contributed by atoms with E-state index < -0.39 is 0 Å². The number of hydrogen-bond donors (Lipinski definition) is 1. The summed E-state index contributed by atoms with van der Waals surface area (Å²) in [5.74, 6) is 0.970. The van der Waals surface area contributed by atoms with Gasteiger partial charge in [0.15, 0.2) is 0 Å². The van der Waals surface area contributed by atoms with Crippen LogP contribution in [0.5, 0.6) is 0 Å². The average Bonchev–Trinajstić information content (AvgIpc) is 2.44. The lowest BCUT2D eigenvalue weighted by molar-refractivity contribution is 0.363. The number of piperidine rings is 1. The first-order chi connectivity index (χ1) is 4.33. The van der Waals surface area contributed by atoms with Crippen molar-refractivity contribution in [2.24, 2.45) is 5.92 Å². The minimum Gasteiger partial charge on any atom is -0.311 e. The summed E-state index contributed by atoms with van der Waals surface area (Å²) >= 11 is 0. The minimum atomic E-state index is 0.637. The highest BCUT2D eigenvalue weighted by atomic mass is 15.0. The molecule has 1 spiro atoms. The van der Waals surface area contributed by atoms with Crippen molar-refractivity contribution in [1.82, 2.24) is 5.32 Å². The molecule has 1 nitrogen and oxygen atoms in total. The zero-order valence-electron chi connectivity index (χ0n) is 6.11. The van der Waals surface area contributed by atoms with Crippen LogP contribution in [0.2, 0.25) is 0 Å². The van der Waals surface area contributed by atoms with Crippen LogP contribution in [0, 0.1) is 5.92 Å². The molecule has 1 saturated carbocycles. The fraction of sp³-hybridized carbons (Fsp3) is 1.00. The molecule has 0 amide bonds. The van der Waals surface area contributed by atoms with E-state index in [0.717, 1.165) is 5.92 Å². The normalized spacial score (nSPS) is 49.7. The van der Waals surface area contributed by atoms with E-state index >= 15 is 0 Å². The van der Waals surface area contributed by atoms with Crippen molar-refractivity contribution in [3.8, 4) is 0 Å². The smallest absolute Gasteiger partial charge is 0.0210 e. The van der Waals surface area contributed by atoms with Crippen molar-refractivity contribution < 1.29 is 0 Å². The summed E-state index contributed by atoms with van der Waals surface area (Å²) in [6.45, 7) is 3.63. The zero-order chi connectivity index (χ0) is 6.32. The Kier molecular flexibility index (Phi) is 1.10. The first-order valence-corrected chi connectivity index (χ1v) is 4.08. The largest absolute Gasteiger partial charge is 0.311 e. The summed E-state index contributed by atoms with van der Waals surface area (Å²) in [4.78, 5) is 0. The summed E-state index contributed by atoms with van der Waals surface area (Å²) < 4.78 is 0. The number of nitrogens with one attached hydrogen (secondary N) is 1. The van der Waals surface area contributed by atoms with Crippen LogP contribution in [0.4, 0.5) is 0 Å². The van der Waals surface area contributed by atoms with Gasteiger partial charge < -0.3 is 5.32 Å². The summed E-state index contributed by atoms with van der Waals surface area (Å²) in [6, 6.07) is 0. The molecule has 2 rings (SSSR count). The maximum atomic E-state index is 3.62. The van der Waals surface area contributed by atoms with Gasteiger partial charge in [0, 0.05) is 5.54 Å². The monoisotopic (exact) mass is 125 g/mol. The molecule has 0 bridgehead atoms. The molecule has 2 unspecified atom stereocenters. The minimum absolute atomic E-state index is 0.637. The molecule has 9 heavy (non-hydrogen) atoms. The molecule has 1 N–H and O–H groups in total. The summed E-state index contributed by atoms with van der Waals surface area (Å²) in [6.07, 6.45) is 5.73. The Morgan fingerprint density at radius 2 is 2.22 bits per heavy atom. The fourth-order valence-corrected chi connectivity index (χ4v) is 2.07. The van der Waals surface area contributed by atoms with E-state index in [2.05, 4.69) is 12.2 Å². The molecule has 2 atom stereocenters. The Bertz CT molecular complexity index is 114. The molecule has 1 aliphatic carbocycles. The third-order valence-corrected chi connectivity index (χ3v) is 2.98. The maximum absolute atomic E-state index is 3.62. The third-order valence-electron chi connectivity index (χ3n) is 2.98. The molecular weight excluding hydrogens is 110 g/mol. The highest BCUT2D eigenvalue weighted by Gasteiger charge is 2.50. The number of hydrogen-bond acceptors (Lipinski definition) is 1. The summed E-state index contributed by atoms with van der Waals surface area (Å²) in [5.41, 5.74) is 0.637. The molecular formula is C8H15N. The van der Waals surface area contributed by atoms with Crippen molar-refractivity contribution in [3.63, 3.8) is 0 Å². The van der Waals surface area contributed by atoms with E-state index in [1.165, 1.54) is 32.2 Å². The van der Waals surface area contributed by atoms with E-state index in [9.17, 15) is 0 Å². The van der Waals surface area contributed by atoms with Crippen molar-refractivity contribution in [2.45, 2.75) is 38.1 Å². The van der Waals surface area contributed by atoms with E-state index in [4.69, 9.17) is 0 Å². The highest BCUT2D eigenvalue weighted by Crippen LogP contribution is 2.47.